The van der Waals surface area contributed by atoms with Crippen LogP contribution in [0, 0.1) is 0 Å². The molecule has 0 atom stereocenters. The average molecular weight is 335 g/mol. The molecule has 0 spiro atoms. The second-order valence-electron chi connectivity index (χ2n) is 5.75. The van der Waals surface area contributed by atoms with E-state index in [0.717, 1.165) is 5.56 Å². The molecule has 0 fully saturated rings. The maximum Gasteiger partial charge on any atom is 0.315 e. The third kappa shape index (κ3) is 4.78. The molecular formula is C17H22N2OS2. The molecule has 5 heteroatoms. The lowest BCUT2D eigenvalue weighted by atomic mass is 9.91. The fourth-order valence-corrected chi connectivity index (χ4v) is 3.30. The number of carbonyl (C=O) groups excluding carboxylic acids is 1. The summed E-state index contributed by atoms with van der Waals surface area (Å²) in [5, 5.41) is 7.92. The molecule has 0 radical (unpaired) electrons. The summed E-state index contributed by atoms with van der Waals surface area (Å²) >= 11 is 3.43. The molecule has 22 heavy (non-hydrogen) atoms. The molecule has 0 saturated carbocycles. The van der Waals surface area contributed by atoms with E-state index < -0.39 is 0 Å². The molecule has 118 valence electrons. The van der Waals surface area contributed by atoms with Gasteiger partial charge in [-0.25, -0.2) is 4.79 Å². The molecule has 0 aliphatic heterocycles. The summed E-state index contributed by atoms with van der Waals surface area (Å²) in [7, 11) is 0. The highest BCUT2D eigenvalue weighted by Crippen LogP contribution is 2.26. The van der Waals surface area contributed by atoms with E-state index in [1.807, 2.05) is 18.2 Å². The minimum atomic E-state index is -0.126. The van der Waals surface area contributed by atoms with Gasteiger partial charge in [0.05, 0.1) is 0 Å². The van der Waals surface area contributed by atoms with Crippen LogP contribution in [0.15, 0.2) is 46.7 Å². The van der Waals surface area contributed by atoms with Gasteiger partial charge < -0.3 is 10.6 Å². The fourth-order valence-electron chi connectivity index (χ4n) is 2.04. The lowest BCUT2D eigenvalue weighted by molar-refractivity contribution is 0.238. The third-order valence-electron chi connectivity index (χ3n) is 3.49. The van der Waals surface area contributed by atoms with E-state index in [1.54, 1.807) is 23.1 Å². The average Bonchev–Trinajstić information content (AvgIpc) is 3.07. The van der Waals surface area contributed by atoms with Gasteiger partial charge in [0.2, 0.25) is 0 Å². The van der Waals surface area contributed by atoms with Gasteiger partial charge in [-0.2, -0.15) is 0 Å². The molecule has 3 nitrogen and oxygen atoms in total. The number of nitrogens with one attached hydrogen (secondary N) is 2. The minimum Gasteiger partial charge on any atom is -0.337 e. The number of thiophene rings is 1. The van der Waals surface area contributed by atoms with Crippen molar-refractivity contribution in [1.82, 2.24) is 10.6 Å². The molecule has 1 heterocycles. The van der Waals surface area contributed by atoms with Crippen molar-refractivity contribution in [3.05, 3.63) is 52.2 Å². The Morgan fingerprint density at radius 2 is 1.91 bits per heavy atom. The lowest BCUT2D eigenvalue weighted by Crippen LogP contribution is -2.41. The molecular weight excluding hydrogens is 312 g/mol. The maximum absolute atomic E-state index is 11.9. The summed E-state index contributed by atoms with van der Waals surface area (Å²) in [6.07, 6.45) is 2.05. The van der Waals surface area contributed by atoms with Crippen molar-refractivity contribution < 1.29 is 4.79 Å². The van der Waals surface area contributed by atoms with Crippen LogP contribution in [-0.4, -0.2) is 18.8 Å². The molecule has 0 unspecified atom stereocenters. The number of hydrogen-bond donors (Lipinski definition) is 2. The highest BCUT2D eigenvalue weighted by atomic mass is 32.2. The quantitative estimate of drug-likeness (QED) is 0.776. The first-order chi connectivity index (χ1) is 10.5. The highest BCUT2D eigenvalue weighted by molar-refractivity contribution is 7.98. The van der Waals surface area contributed by atoms with Gasteiger partial charge in [-0.15, -0.1) is 23.1 Å². The zero-order valence-corrected chi connectivity index (χ0v) is 14.8. The number of amides is 2. The van der Waals surface area contributed by atoms with Gasteiger partial charge in [0.1, 0.15) is 0 Å². The number of rotatable bonds is 6. The van der Waals surface area contributed by atoms with E-state index >= 15 is 0 Å². The van der Waals surface area contributed by atoms with Crippen LogP contribution in [0.3, 0.4) is 0 Å². The van der Waals surface area contributed by atoms with Gasteiger partial charge in [-0.3, -0.25) is 0 Å². The third-order valence-corrected chi connectivity index (χ3v) is 5.47. The van der Waals surface area contributed by atoms with Crippen molar-refractivity contribution in [1.29, 1.82) is 0 Å². The van der Waals surface area contributed by atoms with Gasteiger partial charge >= 0.3 is 6.03 Å². The van der Waals surface area contributed by atoms with Crippen LogP contribution >= 0.6 is 23.1 Å². The molecule has 0 aliphatic carbocycles. The van der Waals surface area contributed by atoms with Gasteiger partial charge in [0.15, 0.2) is 0 Å². The van der Waals surface area contributed by atoms with E-state index in [2.05, 4.69) is 54.3 Å². The number of thioether (sulfide) groups is 1. The highest BCUT2D eigenvalue weighted by Gasteiger charge is 2.22. The van der Waals surface area contributed by atoms with Crippen LogP contribution in [0.2, 0.25) is 0 Å². The molecule has 1 aromatic heterocycles. The van der Waals surface area contributed by atoms with Crippen LogP contribution in [-0.2, 0) is 12.0 Å². The standard InChI is InChI=1S/C17H22N2OS2/c1-17(2,15-5-4-10-22-15)12-19-16(20)18-11-13-6-8-14(21-3)9-7-13/h4-10H,11-12H2,1-3H3,(H2,18,19,20). The van der Waals surface area contributed by atoms with Crippen LogP contribution in [0.4, 0.5) is 4.79 Å². The van der Waals surface area contributed by atoms with Crippen LogP contribution in [0.1, 0.15) is 24.3 Å². The Bertz CT molecular complexity index is 592. The Hall–Kier alpha value is -1.46. The first-order valence-electron chi connectivity index (χ1n) is 7.20. The van der Waals surface area contributed by atoms with Crippen molar-refractivity contribution in [3.63, 3.8) is 0 Å². The van der Waals surface area contributed by atoms with Crippen LogP contribution in [0.5, 0.6) is 0 Å². The van der Waals surface area contributed by atoms with E-state index in [4.69, 9.17) is 0 Å². The normalized spacial score (nSPS) is 11.2. The predicted molar refractivity (Wildman–Crippen MR) is 95.8 cm³/mol. The van der Waals surface area contributed by atoms with E-state index in [1.165, 1.54) is 9.77 Å². The lowest BCUT2D eigenvalue weighted by Gasteiger charge is -2.23. The SMILES string of the molecule is CSc1ccc(CNC(=O)NCC(C)(C)c2cccs2)cc1. The molecule has 2 N–H and O–H groups in total. The van der Waals surface area contributed by atoms with Gasteiger partial charge in [-0.05, 0) is 35.4 Å². The van der Waals surface area contributed by atoms with Crippen molar-refractivity contribution in [2.45, 2.75) is 30.7 Å². The second kappa shape index (κ2) is 7.70. The molecule has 2 rings (SSSR count). The van der Waals surface area contributed by atoms with E-state index in [0.29, 0.717) is 13.1 Å². The van der Waals surface area contributed by atoms with Gasteiger partial charge in [0, 0.05) is 28.3 Å². The smallest absolute Gasteiger partial charge is 0.315 e. The summed E-state index contributed by atoms with van der Waals surface area (Å²) in [5.41, 5.74) is 1.05. The Labute approximate surface area is 140 Å². The Kier molecular flexibility index (Phi) is 5.91. The summed E-state index contributed by atoms with van der Waals surface area (Å²) in [6.45, 7) is 5.44. The summed E-state index contributed by atoms with van der Waals surface area (Å²) < 4.78 is 0. The predicted octanol–water partition coefficient (Wildman–Crippen LogP) is 4.25. The molecule has 1 aromatic carbocycles. The van der Waals surface area contributed by atoms with Crippen molar-refractivity contribution in [2.24, 2.45) is 0 Å². The molecule has 2 amide bonds. The molecule has 0 aliphatic rings. The number of carbonyl (C=O) groups is 1. The van der Waals surface area contributed by atoms with Gasteiger partial charge in [0.25, 0.3) is 0 Å². The number of urea groups is 1. The van der Waals surface area contributed by atoms with Crippen LogP contribution in [0.25, 0.3) is 0 Å². The van der Waals surface area contributed by atoms with E-state index in [9.17, 15) is 4.79 Å². The zero-order chi connectivity index (χ0) is 16.0. The zero-order valence-electron chi connectivity index (χ0n) is 13.2. The maximum atomic E-state index is 11.9. The van der Waals surface area contributed by atoms with Crippen molar-refractivity contribution in [3.8, 4) is 0 Å². The summed E-state index contributed by atoms with van der Waals surface area (Å²) in [5.74, 6) is 0. The Morgan fingerprint density at radius 1 is 1.18 bits per heavy atom. The molecule has 2 aromatic rings. The van der Waals surface area contributed by atoms with Crippen molar-refractivity contribution >= 4 is 29.1 Å². The second-order valence-corrected chi connectivity index (χ2v) is 7.57. The van der Waals surface area contributed by atoms with Crippen molar-refractivity contribution in [2.75, 3.05) is 12.8 Å². The summed E-state index contributed by atoms with van der Waals surface area (Å²) in [6, 6.07) is 12.2. The molecule has 0 saturated heterocycles. The van der Waals surface area contributed by atoms with Gasteiger partial charge in [-0.1, -0.05) is 32.0 Å². The van der Waals surface area contributed by atoms with Crippen LogP contribution < -0.4 is 10.6 Å². The Balaban J connectivity index is 1.78. The minimum absolute atomic E-state index is 0.0501. The summed E-state index contributed by atoms with van der Waals surface area (Å²) in [4.78, 5) is 14.4. The topological polar surface area (TPSA) is 41.1 Å². The number of benzene rings is 1. The Morgan fingerprint density at radius 3 is 2.50 bits per heavy atom. The first-order valence-corrected chi connectivity index (χ1v) is 9.30. The van der Waals surface area contributed by atoms with E-state index in [-0.39, 0.29) is 11.4 Å². The first kappa shape index (κ1) is 16.9. The fraction of sp³-hybridized carbons (Fsp3) is 0.353. The largest absolute Gasteiger partial charge is 0.337 e. The molecule has 0 bridgehead atoms. The number of hydrogen-bond acceptors (Lipinski definition) is 3. The monoisotopic (exact) mass is 334 g/mol.